The molecule has 1 amide bonds. The highest BCUT2D eigenvalue weighted by Crippen LogP contribution is 2.29. The first-order chi connectivity index (χ1) is 8.20. The van der Waals surface area contributed by atoms with E-state index in [1.165, 1.54) is 12.1 Å². The van der Waals surface area contributed by atoms with Gasteiger partial charge in [-0.05, 0) is 45.5 Å². The monoisotopic (exact) mass is 315 g/mol. The molecule has 0 spiro atoms. The summed E-state index contributed by atoms with van der Waals surface area (Å²) in [5.41, 5.74) is 0.694. The minimum Gasteiger partial charge on any atom is -0.325 e. The Kier molecular flexibility index (Phi) is 4.91. The molecule has 0 aliphatic heterocycles. The first kappa shape index (κ1) is 15.2. The van der Waals surface area contributed by atoms with Crippen LogP contribution in [-0.4, -0.2) is 5.91 Å². The summed E-state index contributed by atoms with van der Waals surface area (Å²) in [7, 11) is 0. The van der Waals surface area contributed by atoms with Crippen LogP contribution in [0.25, 0.3) is 0 Å². The number of rotatable bonds is 3. The predicted octanol–water partition coefficient (Wildman–Crippen LogP) is 4.60. The molecule has 100 valence electrons. The van der Waals surface area contributed by atoms with Crippen molar-refractivity contribution in [2.45, 2.75) is 34.1 Å². The van der Waals surface area contributed by atoms with Crippen LogP contribution in [0.5, 0.6) is 0 Å². The number of halogens is 2. The average molecular weight is 316 g/mol. The van der Waals surface area contributed by atoms with Crippen molar-refractivity contribution >= 4 is 27.5 Å². The molecule has 0 saturated heterocycles. The fraction of sp³-hybridized carbons (Fsp3) is 0.500. The maximum Gasteiger partial charge on any atom is 0.224 e. The summed E-state index contributed by atoms with van der Waals surface area (Å²) >= 11 is 3.23. The molecule has 18 heavy (non-hydrogen) atoms. The second kappa shape index (κ2) is 5.83. The van der Waals surface area contributed by atoms with Crippen LogP contribution in [0.2, 0.25) is 0 Å². The molecule has 1 unspecified atom stereocenters. The van der Waals surface area contributed by atoms with E-state index in [1.807, 2.05) is 0 Å². The topological polar surface area (TPSA) is 29.1 Å². The Morgan fingerprint density at radius 1 is 1.44 bits per heavy atom. The van der Waals surface area contributed by atoms with Crippen molar-refractivity contribution in [3.8, 4) is 0 Å². The zero-order chi connectivity index (χ0) is 13.9. The molecule has 0 heterocycles. The van der Waals surface area contributed by atoms with Gasteiger partial charge in [-0.15, -0.1) is 0 Å². The Balaban J connectivity index is 2.65. The van der Waals surface area contributed by atoms with Gasteiger partial charge in [0.15, 0.2) is 0 Å². The van der Waals surface area contributed by atoms with Crippen LogP contribution in [0.4, 0.5) is 10.1 Å². The van der Waals surface area contributed by atoms with Crippen molar-refractivity contribution < 1.29 is 9.18 Å². The van der Waals surface area contributed by atoms with Gasteiger partial charge in [-0.3, -0.25) is 4.79 Å². The fourth-order valence-electron chi connectivity index (χ4n) is 1.38. The van der Waals surface area contributed by atoms with Gasteiger partial charge in [0.2, 0.25) is 5.91 Å². The van der Waals surface area contributed by atoms with Crippen molar-refractivity contribution in [2.75, 3.05) is 5.32 Å². The smallest absolute Gasteiger partial charge is 0.224 e. The number of benzene rings is 1. The number of anilines is 1. The van der Waals surface area contributed by atoms with E-state index in [0.717, 1.165) is 0 Å². The Hall–Kier alpha value is -0.900. The van der Waals surface area contributed by atoms with Gasteiger partial charge in [-0.25, -0.2) is 4.39 Å². The van der Waals surface area contributed by atoms with Crippen molar-refractivity contribution in [3.63, 3.8) is 0 Å². The van der Waals surface area contributed by atoms with Crippen LogP contribution in [0.1, 0.15) is 34.1 Å². The largest absolute Gasteiger partial charge is 0.325 e. The molecule has 1 N–H and O–H groups in total. The third-order valence-electron chi connectivity index (χ3n) is 3.18. The van der Waals surface area contributed by atoms with E-state index >= 15 is 0 Å². The highest BCUT2D eigenvalue weighted by molar-refractivity contribution is 9.10. The molecule has 0 saturated carbocycles. The van der Waals surface area contributed by atoms with Crippen LogP contribution in [-0.2, 0) is 4.79 Å². The van der Waals surface area contributed by atoms with E-state index in [2.05, 4.69) is 48.9 Å². The van der Waals surface area contributed by atoms with E-state index in [1.54, 1.807) is 6.07 Å². The quantitative estimate of drug-likeness (QED) is 0.867. The van der Waals surface area contributed by atoms with Crippen LogP contribution < -0.4 is 5.32 Å². The molecule has 1 atom stereocenters. The molecule has 0 fully saturated rings. The summed E-state index contributed by atoms with van der Waals surface area (Å²) in [6.45, 7) is 8.38. The molecule has 0 aromatic heterocycles. The summed E-state index contributed by atoms with van der Waals surface area (Å²) in [6.07, 6.45) is 0.452. The predicted molar refractivity (Wildman–Crippen MR) is 76.0 cm³/mol. The van der Waals surface area contributed by atoms with Crippen LogP contribution >= 0.6 is 15.9 Å². The lowest BCUT2D eigenvalue weighted by Gasteiger charge is -2.26. The van der Waals surface area contributed by atoms with E-state index in [4.69, 9.17) is 0 Å². The van der Waals surface area contributed by atoms with Gasteiger partial charge in [0.25, 0.3) is 0 Å². The van der Waals surface area contributed by atoms with Crippen LogP contribution in [0, 0.1) is 17.2 Å². The zero-order valence-corrected chi connectivity index (χ0v) is 12.8. The van der Waals surface area contributed by atoms with Gasteiger partial charge in [0.1, 0.15) is 5.82 Å². The van der Waals surface area contributed by atoms with E-state index in [0.29, 0.717) is 16.6 Å². The van der Waals surface area contributed by atoms with Crippen molar-refractivity contribution in [1.29, 1.82) is 0 Å². The van der Waals surface area contributed by atoms with Gasteiger partial charge < -0.3 is 5.32 Å². The average Bonchev–Trinajstić information content (AvgIpc) is 2.20. The van der Waals surface area contributed by atoms with Gasteiger partial charge in [-0.2, -0.15) is 0 Å². The van der Waals surface area contributed by atoms with E-state index in [-0.39, 0.29) is 23.1 Å². The maximum absolute atomic E-state index is 12.9. The highest BCUT2D eigenvalue weighted by Gasteiger charge is 2.22. The number of hydrogen-bond acceptors (Lipinski definition) is 1. The minimum atomic E-state index is -0.331. The number of hydrogen-bond donors (Lipinski definition) is 1. The Morgan fingerprint density at radius 2 is 2.06 bits per heavy atom. The second-order valence-corrected chi connectivity index (χ2v) is 6.50. The summed E-state index contributed by atoms with van der Waals surface area (Å²) in [5, 5.41) is 2.79. The molecule has 2 nitrogen and oxygen atoms in total. The zero-order valence-electron chi connectivity index (χ0n) is 11.2. The third kappa shape index (κ3) is 4.41. The Morgan fingerprint density at radius 3 is 2.56 bits per heavy atom. The van der Waals surface area contributed by atoms with Crippen molar-refractivity contribution in [1.82, 2.24) is 0 Å². The first-order valence-electron chi connectivity index (χ1n) is 5.95. The molecule has 4 heteroatoms. The number of amides is 1. The van der Waals surface area contributed by atoms with E-state index in [9.17, 15) is 9.18 Å². The van der Waals surface area contributed by atoms with Crippen molar-refractivity contribution in [3.05, 3.63) is 28.5 Å². The summed E-state index contributed by atoms with van der Waals surface area (Å²) < 4.78 is 13.5. The summed E-state index contributed by atoms with van der Waals surface area (Å²) in [5.74, 6) is -0.107. The normalized spacial score (nSPS) is 13.2. The van der Waals surface area contributed by atoms with Gasteiger partial charge in [0, 0.05) is 10.9 Å². The van der Waals surface area contributed by atoms with Gasteiger partial charge in [-0.1, -0.05) is 27.7 Å². The third-order valence-corrected chi connectivity index (χ3v) is 3.83. The van der Waals surface area contributed by atoms with Gasteiger partial charge in [0.05, 0.1) is 5.69 Å². The lowest BCUT2D eigenvalue weighted by molar-refractivity contribution is -0.117. The summed E-state index contributed by atoms with van der Waals surface area (Å²) in [4.78, 5) is 11.9. The van der Waals surface area contributed by atoms with Gasteiger partial charge >= 0.3 is 0 Å². The lowest BCUT2D eigenvalue weighted by atomic mass is 9.80. The first-order valence-corrected chi connectivity index (χ1v) is 6.74. The molecule has 0 aliphatic carbocycles. The second-order valence-electron chi connectivity index (χ2n) is 5.64. The fourth-order valence-corrected chi connectivity index (χ4v) is 1.83. The molecule has 0 bridgehead atoms. The van der Waals surface area contributed by atoms with Crippen LogP contribution in [0.3, 0.4) is 0 Å². The van der Waals surface area contributed by atoms with Crippen molar-refractivity contribution in [2.24, 2.45) is 11.3 Å². The van der Waals surface area contributed by atoms with E-state index < -0.39 is 0 Å². The summed E-state index contributed by atoms with van der Waals surface area (Å²) in [6, 6.07) is 4.22. The Bertz CT molecular complexity index is 440. The molecule has 1 rings (SSSR count). The SMILES string of the molecule is CC(CC(=O)Nc1ccc(F)cc1Br)C(C)(C)C. The Labute approximate surface area is 116 Å². The molecule has 1 aromatic carbocycles. The number of nitrogens with one attached hydrogen (secondary N) is 1. The minimum absolute atomic E-state index is 0.0512. The highest BCUT2D eigenvalue weighted by atomic mass is 79.9. The number of carbonyl (C=O) groups excluding carboxylic acids is 1. The molecule has 1 aromatic rings. The molecule has 0 aliphatic rings. The van der Waals surface area contributed by atoms with Crippen LogP contribution in [0.15, 0.2) is 22.7 Å². The molecule has 0 radical (unpaired) electrons. The molecular formula is C14H19BrFNO. The number of carbonyl (C=O) groups is 1. The standard InChI is InChI=1S/C14H19BrFNO/c1-9(14(2,3)4)7-13(18)17-12-6-5-10(16)8-11(12)15/h5-6,8-9H,7H2,1-4H3,(H,17,18). The maximum atomic E-state index is 12.9. The molecular weight excluding hydrogens is 297 g/mol. The lowest BCUT2D eigenvalue weighted by Crippen LogP contribution is -2.24.